The first-order valence-corrected chi connectivity index (χ1v) is 14.7. The average molecular weight is 683 g/mol. The van der Waals surface area contributed by atoms with Gasteiger partial charge in [-0.3, -0.25) is 0 Å². The summed E-state index contributed by atoms with van der Waals surface area (Å²) in [7, 11) is 1.48. The largest absolute Gasteiger partial charge is 0.460 e. The van der Waals surface area contributed by atoms with Crippen molar-refractivity contribution in [1.29, 1.82) is 0 Å². The molecule has 1 aliphatic rings. The molecular weight excluding hydrogens is 650 g/mol. The fourth-order valence-electron chi connectivity index (χ4n) is 5.63. The normalized spacial score (nSPS) is 18.0. The number of ether oxygens (including phenoxy) is 5. The van der Waals surface area contributed by atoms with E-state index >= 15 is 0 Å². The van der Waals surface area contributed by atoms with E-state index in [1.165, 1.54) is 55.5 Å². The number of carbonyl (C=O) groups excluding carboxylic acids is 3. The third-order valence-corrected chi connectivity index (χ3v) is 8.03. The molecule has 1 aliphatic heterocycles. The van der Waals surface area contributed by atoms with Crippen LogP contribution in [0.4, 0.5) is 26.3 Å². The van der Waals surface area contributed by atoms with Gasteiger partial charge in [0, 0.05) is 31.8 Å². The second kappa shape index (κ2) is 14.4. The Morgan fingerprint density at radius 2 is 1.31 bits per heavy atom. The first-order valence-electron chi connectivity index (χ1n) is 14.7. The lowest BCUT2D eigenvalue weighted by molar-refractivity contribution is -0.278. The first-order chi connectivity index (χ1) is 22.6. The molecule has 48 heavy (non-hydrogen) atoms. The first kappa shape index (κ1) is 36.4. The van der Waals surface area contributed by atoms with Gasteiger partial charge in [-0.25, -0.2) is 14.4 Å². The summed E-state index contributed by atoms with van der Waals surface area (Å²) in [5.74, 6) is -4.85. The molecule has 4 atom stereocenters. The molecule has 0 unspecified atom stereocenters. The fraction of sp³-hybridized carbons (Fsp3) is 0.382. The molecule has 0 fully saturated rings. The molecule has 0 saturated heterocycles. The van der Waals surface area contributed by atoms with Crippen LogP contribution in [-0.2, 0) is 46.2 Å². The Morgan fingerprint density at radius 1 is 0.792 bits per heavy atom. The van der Waals surface area contributed by atoms with E-state index in [1.807, 2.05) is 0 Å². The number of halogens is 6. The highest BCUT2D eigenvalue weighted by Gasteiger charge is 2.65. The van der Waals surface area contributed by atoms with Crippen LogP contribution in [0.15, 0.2) is 78.9 Å². The molecule has 0 amide bonds. The summed E-state index contributed by atoms with van der Waals surface area (Å²) in [5.41, 5.74) is -7.67. The van der Waals surface area contributed by atoms with Crippen LogP contribution in [0.2, 0.25) is 0 Å². The van der Waals surface area contributed by atoms with Gasteiger partial charge in [0.05, 0.1) is 6.10 Å². The molecule has 4 rings (SSSR count). The fourth-order valence-corrected chi connectivity index (χ4v) is 5.63. The van der Waals surface area contributed by atoms with Gasteiger partial charge in [-0.2, -0.15) is 26.3 Å². The molecule has 0 aliphatic carbocycles. The zero-order chi connectivity index (χ0) is 35.3. The summed E-state index contributed by atoms with van der Waals surface area (Å²) in [6, 6.07) is 16.7. The topological polar surface area (TPSA) is 97.4 Å². The van der Waals surface area contributed by atoms with Crippen molar-refractivity contribution in [2.45, 2.75) is 68.4 Å². The van der Waals surface area contributed by atoms with Crippen molar-refractivity contribution >= 4 is 17.9 Å². The Morgan fingerprint density at radius 3 is 1.81 bits per heavy atom. The zero-order valence-corrected chi connectivity index (χ0v) is 26.0. The van der Waals surface area contributed by atoms with Crippen molar-refractivity contribution in [3.63, 3.8) is 0 Å². The number of benzene rings is 3. The van der Waals surface area contributed by atoms with Crippen molar-refractivity contribution in [3.05, 3.63) is 101 Å². The summed E-state index contributed by atoms with van der Waals surface area (Å²) in [4.78, 5) is 39.1. The Hall–Kier alpha value is -4.43. The number of hydrogen-bond donors (Lipinski definition) is 0. The minimum atomic E-state index is -5.23. The highest BCUT2D eigenvalue weighted by Crippen LogP contribution is 2.45. The predicted molar refractivity (Wildman–Crippen MR) is 157 cm³/mol. The molecule has 3 aromatic carbocycles. The molecule has 0 N–H and O–H groups in total. The van der Waals surface area contributed by atoms with Crippen molar-refractivity contribution in [2.24, 2.45) is 0 Å². The van der Waals surface area contributed by atoms with Gasteiger partial charge in [-0.05, 0) is 37.8 Å². The number of rotatable bonds is 12. The Labute approximate surface area is 271 Å². The highest BCUT2D eigenvalue weighted by atomic mass is 19.4. The zero-order valence-electron chi connectivity index (χ0n) is 26.0. The molecule has 0 saturated carbocycles. The number of methoxy groups -OCH3 is 2. The Bertz CT molecular complexity index is 1590. The summed E-state index contributed by atoms with van der Waals surface area (Å²) in [6.45, 7) is 1.42. The van der Waals surface area contributed by atoms with E-state index in [-0.39, 0.29) is 31.2 Å². The molecule has 0 aromatic heterocycles. The summed E-state index contributed by atoms with van der Waals surface area (Å²) >= 11 is 0. The number of hydrogen-bond acceptors (Lipinski definition) is 8. The minimum Gasteiger partial charge on any atom is -0.460 e. The lowest BCUT2D eigenvalue weighted by Gasteiger charge is -2.33. The number of carbonyl (C=O) groups is 3. The SMILES string of the molecule is CO[C@](C(=O)Oc1cccc2c1C(=O)O[C@H](CCC[C@H](C)OC(=O)[C@@](OC)(c1ccccc1)C(F)(F)F)C2)(c1ccccc1)C(F)(F)F. The lowest BCUT2D eigenvalue weighted by atomic mass is 9.92. The molecule has 1 heterocycles. The van der Waals surface area contributed by atoms with Gasteiger partial charge in [0.15, 0.2) is 0 Å². The van der Waals surface area contributed by atoms with Crippen LogP contribution in [0.1, 0.15) is 53.2 Å². The number of cyclic esters (lactones) is 1. The van der Waals surface area contributed by atoms with Gasteiger partial charge in [0.25, 0.3) is 11.2 Å². The molecule has 0 bridgehead atoms. The van der Waals surface area contributed by atoms with Crippen LogP contribution in [0.25, 0.3) is 0 Å². The van der Waals surface area contributed by atoms with E-state index in [9.17, 15) is 40.7 Å². The van der Waals surface area contributed by atoms with Gasteiger partial charge in [-0.1, -0.05) is 72.8 Å². The van der Waals surface area contributed by atoms with E-state index in [0.717, 1.165) is 44.6 Å². The average Bonchev–Trinajstić information content (AvgIpc) is 3.02. The molecule has 14 heteroatoms. The van der Waals surface area contributed by atoms with Crippen molar-refractivity contribution in [2.75, 3.05) is 14.2 Å². The second-order valence-electron chi connectivity index (χ2n) is 11.1. The van der Waals surface area contributed by atoms with Crippen LogP contribution < -0.4 is 4.74 Å². The van der Waals surface area contributed by atoms with Crippen LogP contribution >= 0.6 is 0 Å². The standard InChI is InChI=1S/C34H32F6O8/c1-21(46-29(42)31(44-2,33(35,36)37)23-14-6-4-7-15-23)12-10-18-25-20-22-13-11-19-26(27(22)28(41)47-25)48-30(43)32(45-3,34(38,39)40)24-16-8-5-9-17-24/h4-9,11,13-17,19,21,25H,10,12,18,20H2,1-3H3/t21-,25+,31-,32-/m0/s1. The predicted octanol–water partition coefficient (Wildman–Crippen LogP) is 6.98. The minimum absolute atomic E-state index is 0.100. The summed E-state index contributed by atoms with van der Waals surface area (Å²) in [5, 5.41) is 0. The Balaban J connectivity index is 1.43. The van der Waals surface area contributed by atoms with Crippen molar-refractivity contribution in [3.8, 4) is 5.75 Å². The Kier molecular flexibility index (Phi) is 10.9. The monoisotopic (exact) mass is 682 g/mol. The van der Waals surface area contributed by atoms with Gasteiger partial charge < -0.3 is 23.7 Å². The number of alkyl halides is 6. The van der Waals surface area contributed by atoms with E-state index in [1.54, 1.807) is 0 Å². The van der Waals surface area contributed by atoms with E-state index in [0.29, 0.717) is 5.56 Å². The van der Waals surface area contributed by atoms with Crippen LogP contribution in [0, 0.1) is 0 Å². The molecular formula is C34H32F6O8. The third-order valence-electron chi connectivity index (χ3n) is 8.03. The van der Waals surface area contributed by atoms with Crippen LogP contribution in [0.3, 0.4) is 0 Å². The molecule has 0 radical (unpaired) electrons. The molecule has 0 spiro atoms. The van der Waals surface area contributed by atoms with Gasteiger partial charge in [-0.15, -0.1) is 0 Å². The maximum Gasteiger partial charge on any atom is 0.432 e. The van der Waals surface area contributed by atoms with Gasteiger partial charge >= 0.3 is 30.3 Å². The number of fused-ring (bicyclic) bond motifs is 1. The van der Waals surface area contributed by atoms with Crippen LogP contribution in [0.5, 0.6) is 5.75 Å². The molecule has 258 valence electrons. The summed E-state index contributed by atoms with van der Waals surface area (Å²) < 4.78 is 111. The van der Waals surface area contributed by atoms with Crippen LogP contribution in [-0.4, -0.2) is 56.7 Å². The van der Waals surface area contributed by atoms with E-state index < -0.39 is 70.5 Å². The van der Waals surface area contributed by atoms with Crippen molar-refractivity contribution < 1.29 is 64.4 Å². The quantitative estimate of drug-likeness (QED) is 0.115. The third kappa shape index (κ3) is 6.90. The van der Waals surface area contributed by atoms with E-state index in [2.05, 4.69) is 0 Å². The number of esters is 3. The van der Waals surface area contributed by atoms with Gasteiger partial charge in [0.1, 0.15) is 17.4 Å². The molecule has 3 aromatic rings. The highest BCUT2D eigenvalue weighted by molar-refractivity contribution is 5.97. The summed E-state index contributed by atoms with van der Waals surface area (Å²) in [6.07, 6.45) is -11.4. The van der Waals surface area contributed by atoms with E-state index in [4.69, 9.17) is 23.7 Å². The van der Waals surface area contributed by atoms with Gasteiger partial charge in [0.2, 0.25) is 0 Å². The molecule has 8 nitrogen and oxygen atoms in total. The van der Waals surface area contributed by atoms with Crippen molar-refractivity contribution in [1.82, 2.24) is 0 Å². The second-order valence-corrected chi connectivity index (χ2v) is 11.1. The maximum atomic E-state index is 14.3. The maximum absolute atomic E-state index is 14.3. The lowest BCUT2D eigenvalue weighted by Crippen LogP contribution is -2.52. The smallest absolute Gasteiger partial charge is 0.432 e.